The van der Waals surface area contributed by atoms with Gasteiger partial charge < -0.3 is 9.80 Å². The van der Waals surface area contributed by atoms with Gasteiger partial charge in [-0.25, -0.2) is 0 Å². The number of benzene rings is 1. The number of carbonyl (C=O) groups excluding carboxylic acids is 2. The minimum Gasteiger partial charge on any atom is -0.354 e. The van der Waals surface area contributed by atoms with Crippen LogP contribution in [0.25, 0.3) is 11.3 Å². The van der Waals surface area contributed by atoms with Gasteiger partial charge in [0.25, 0.3) is 11.5 Å². The van der Waals surface area contributed by atoms with Gasteiger partial charge >= 0.3 is 0 Å². The van der Waals surface area contributed by atoms with E-state index in [-0.39, 0.29) is 29.5 Å². The van der Waals surface area contributed by atoms with Crippen molar-refractivity contribution in [3.05, 3.63) is 91.5 Å². The number of nitrogens with zero attached hydrogens (tertiary/aromatic N) is 5. The number of halogens is 1. The molecule has 228 valence electrons. The Morgan fingerprint density at radius 1 is 1.00 bits per heavy atom. The highest BCUT2D eigenvalue weighted by Gasteiger charge is 2.29. The van der Waals surface area contributed by atoms with E-state index in [1.165, 1.54) is 20.6 Å². The molecule has 44 heavy (non-hydrogen) atoms. The Balaban J connectivity index is 1.58. The maximum atomic E-state index is 14.1. The summed E-state index contributed by atoms with van der Waals surface area (Å²) >= 11 is 7.63. The van der Waals surface area contributed by atoms with Crippen molar-refractivity contribution in [1.82, 2.24) is 19.2 Å². The van der Waals surface area contributed by atoms with Crippen molar-refractivity contribution in [1.29, 1.82) is 0 Å². The third-order valence-electron chi connectivity index (χ3n) is 7.50. The van der Waals surface area contributed by atoms with E-state index in [4.69, 9.17) is 11.6 Å². The number of hydrogen-bond donors (Lipinski definition) is 0. The highest BCUT2D eigenvalue weighted by atomic mass is 35.5. The number of pyridine rings is 1. The molecular formula is C34H36ClN5O3S. The summed E-state index contributed by atoms with van der Waals surface area (Å²) in [7, 11) is 1.87. The van der Waals surface area contributed by atoms with Crippen LogP contribution in [0, 0.1) is 17.3 Å². The van der Waals surface area contributed by atoms with Gasteiger partial charge in [-0.05, 0) is 61.6 Å². The number of hydrogen-bond acceptors (Lipinski definition) is 6. The number of rotatable bonds is 6. The third kappa shape index (κ3) is 7.15. The molecule has 4 aromatic rings. The second-order valence-corrected chi connectivity index (χ2v) is 13.8. The highest BCUT2D eigenvalue weighted by molar-refractivity contribution is 7.16. The van der Waals surface area contributed by atoms with Gasteiger partial charge in [0.15, 0.2) is 0 Å². The van der Waals surface area contributed by atoms with Crippen molar-refractivity contribution in [3.63, 3.8) is 0 Å². The van der Waals surface area contributed by atoms with Gasteiger partial charge in [-0.15, -0.1) is 11.3 Å². The Labute approximate surface area is 266 Å². The molecule has 1 aliphatic rings. The molecule has 1 saturated heterocycles. The standard InChI is InChI=1S/C34H36ClN5O3S/c1-34(2,3)33(43)40-30(37(4)22-26-16-18-29(35)44-26)21-28(36-40)27-17-15-25(14-13-24-11-7-5-8-12-24)39(32(27)42)23-31(41)38-19-9-6-10-20-38/h5,7-8,11-12,15-18,21H,6,9-10,19-20,22-23H2,1-4H3. The Morgan fingerprint density at radius 2 is 1.73 bits per heavy atom. The van der Waals surface area contributed by atoms with Crippen LogP contribution in [0.5, 0.6) is 0 Å². The van der Waals surface area contributed by atoms with Crippen molar-refractivity contribution in [3.8, 4) is 23.1 Å². The maximum absolute atomic E-state index is 14.1. The molecule has 1 aromatic carbocycles. The molecule has 8 nitrogen and oxygen atoms in total. The van der Waals surface area contributed by atoms with E-state index in [0.717, 1.165) is 29.7 Å². The van der Waals surface area contributed by atoms with Gasteiger partial charge in [-0.2, -0.15) is 9.78 Å². The van der Waals surface area contributed by atoms with Crippen molar-refractivity contribution < 1.29 is 9.59 Å². The largest absolute Gasteiger partial charge is 0.354 e. The molecule has 0 atom stereocenters. The summed E-state index contributed by atoms with van der Waals surface area (Å²) < 4.78 is 3.49. The number of carbonyl (C=O) groups is 2. The normalized spacial score (nSPS) is 13.3. The molecule has 0 N–H and O–H groups in total. The van der Waals surface area contributed by atoms with Crippen LogP contribution in [-0.4, -0.2) is 51.2 Å². The summed E-state index contributed by atoms with van der Waals surface area (Å²) in [6, 6.07) is 18.5. The van der Waals surface area contributed by atoms with Gasteiger partial charge in [-0.3, -0.25) is 19.0 Å². The smallest absolute Gasteiger partial charge is 0.261 e. The molecule has 5 rings (SSSR count). The lowest BCUT2D eigenvalue weighted by Crippen LogP contribution is -2.40. The minimum absolute atomic E-state index is 0.116. The van der Waals surface area contributed by atoms with Crippen LogP contribution in [0.1, 0.15) is 61.0 Å². The first-order valence-electron chi connectivity index (χ1n) is 14.7. The molecule has 1 amide bonds. The molecule has 4 heterocycles. The van der Waals surface area contributed by atoms with Crippen LogP contribution in [0.4, 0.5) is 5.82 Å². The van der Waals surface area contributed by atoms with Gasteiger partial charge in [0.2, 0.25) is 5.91 Å². The van der Waals surface area contributed by atoms with E-state index in [0.29, 0.717) is 41.2 Å². The number of likely N-dealkylation sites (tertiary alicyclic amines) is 1. The van der Waals surface area contributed by atoms with Crippen LogP contribution in [-0.2, 0) is 17.9 Å². The molecule has 1 fully saturated rings. The molecule has 10 heteroatoms. The molecule has 0 bridgehead atoms. The Hall–Kier alpha value is -4.13. The van der Waals surface area contributed by atoms with Crippen LogP contribution in [0.15, 0.2) is 65.5 Å². The van der Waals surface area contributed by atoms with E-state index >= 15 is 0 Å². The number of anilines is 1. The fraction of sp³-hybridized carbons (Fsp3) is 0.353. The molecule has 0 radical (unpaired) electrons. The van der Waals surface area contributed by atoms with Crippen LogP contribution < -0.4 is 10.5 Å². The average Bonchev–Trinajstić information content (AvgIpc) is 3.63. The van der Waals surface area contributed by atoms with Crippen molar-refractivity contribution in [2.75, 3.05) is 25.0 Å². The third-order valence-corrected chi connectivity index (χ3v) is 8.71. The summed E-state index contributed by atoms with van der Waals surface area (Å²) in [5.74, 6) is 6.44. The molecule has 0 saturated carbocycles. The van der Waals surface area contributed by atoms with Gasteiger partial charge in [0.1, 0.15) is 18.1 Å². The fourth-order valence-electron chi connectivity index (χ4n) is 5.07. The number of thiophene rings is 1. The second kappa shape index (κ2) is 13.2. The fourth-order valence-corrected chi connectivity index (χ4v) is 6.21. The summed E-state index contributed by atoms with van der Waals surface area (Å²) in [4.78, 5) is 45.8. The zero-order valence-corrected chi connectivity index (χ0v) is 27.0. The Bertz CT molecular complexity index is 1780. The number of piperidine rings is 1. The molecule has 0 spiro atoms. The first-order chi connectivity index (χ1) is 21.0. The van der Waals surface area contributed by atoms with Crippen LogP contribution in [0.3, 0.4) is 0 Å². The zero-order chi connectivity index (χ0) is 31.4. The van der Waals surface area contributed by atoms with Crippen LogP contribution in [0.2, 0.25) is 4.34 Å². The summed E-state index contributed by atoms with van der Waals surface area (Å²) in [5.41, 5.74) is 0.768. The van der Waals surface area contributed by atoms with E-state index in [1.54, 1.807) is 18.2 Å². The SMILES string of the molecule is CN(Cc1ccc(Cl)s1)c1cc(-c2ccc(C#Cc3ccccc3)n(CC(=O)N3CCCCC3)c2=O)nn1C(=O)C(C)(C)C. The summed E-state index contributed by atoms with van der Waals surface area (Å²) in [6.45, 7) is 7.24. The van der Waals surface area contributed by atoms with Gasteiger partial charge in [0, 0.05) is 42.1 Å². The Kier molecular flexibility index (Phi) is 9.42. The molecular weight excluding hydrogens is 594 g/mol. The van der Waals surface area contributed by atoms with Crippen molar-refractivity contribution in [2.24, 2.45) is 5.41 Å². The second-order valence-electron chi connectivity index (χ2n) is 12.0. The zero-order valence-electron chi connectivity index (χ0n) is 25.5. The first-order valence-corrected chi connectivity index (χ1v) is 15.9. The lowest BCUT2D eigenvalue weighted by molar-refractivity contribution is -0.132. The minimum atomic E-state index is -0.719. The van der Waals surface area contributed by atoms with Gasteiger partial charge in [-0.1, -0.05) is 56.5 Å². The Morgan fingerprint density at radius 3 is 2.39 bits per heavy atom. The maximum Gasteiger partial charge on any atom is 0.261 e. The van der Waals surface area contributed by atoms with Gasteiger partial charge in [0.05, 0.1) is 22.1 Å². The predicted octanol–water partition coefficient (Wildman–Crippen LogP) is 6.16. The van der Waals surface area contributed by atoms with E-state index in [2.05, 4.69) is 16.9 Å². The number of amides is 1. The summed E-state index contributed by atoms with van der Waals surface area (Å²) in [6.07, 6.45) is 3.00. The molecule has 0 aliphatic carbocycles. The first kappa shape index (κ1) is 31.3. The van der Waals surface area contributed by atoms with E-state index in [9.17, 15) is 14.4 Å². The van der Waals surface area contributed by atoms with E-state index in [1.807, 2.05) is 80.1 Å². The predicted molar refractivity (Wildman–Crippen MR) is 176 cm³/mol. The summed E-state index contributed by atoms with van der Waals surface area (Å²) in [5, 5.41) is 4.67. The monoisotopic (exact) mass is 629 g/mol. The highest BCUT2D eigenvalue weighted by Crippen LogP contribution is 2.29. The molecule has 3 aromatic heterocycles. The topological polar surface area (TPSA) is 80.4 Å². The lowest BCUT2D eigenvalue weighted by Gasteiger charge is -2.27. The molecule has 0 unspecified atom stereocenters. The quantitative estimate of drug-likeness (QED) is 0.239. The lowest BCUT2D eigenvalue weighted by atomic mass is 9.96. The van der Waals surface area contributed by atoms with Crippen LogP contribution >= 0.6 is 22.9 Å². The molecule has 1 aliphatic heterocycles. The van der Waals surface area contributed by atoms with Crippen molar-refractivity contribution in [2.45, 2.75) is 53.1 Å². The number of aromatic nitrogens is 3. The van der Waals surface area contributed by atoms with Crippen molar-refractivity contribution >= 4 is 40.6 Å². The average molecular weight is 630 g/mol. The van der Waals surface area contributed by atoms with E-state index < -0.39 is 5.41 Å².